The Morgan fingerprint density at radius 2 is 1.81 bits per heavy atom. The van der Waals surface area contributed by atoms with Gasteiger partial charge in [-0.15, -0.1) is 24.0 Å². The van der Waals surface area contributed by atoms with Gasteiger partial charge < -0.3 is 20.1 Å². The minimum atomic E-state index is 0. The fourth-order valence-corrected chi connectivity index (χ4v) is 2.28. The van der Waals surface area contributed by atoms with Crippen LogP contribution in [0.15, 0.2) is 47.5 Å². The first-order valence-electron chi connectivity index (χ1n) is 8.40. The number of nitrogens with zero attached hydrogens (tertiary/aromatic N) is 2. The normalized spacial score (nSPS) is 10.7. The Labute approximate surface area is 172 Å². The molecule has 0 saturated heterocycles. The molecule has 7 heteroatoms. The van der Waals surface area contributed by atoms with Crippen molar-refractivity contribution in [2.45, 2.75) is 19.9 Å². The topological polar surface area (TPSA) is 67.8 Å². The Morgan fingerprint density at radius 3 is 2.46 bits per heavy atom. The van der Waals surface area contributed by atoms with Crippen LogP contribution >= 0.6 is 24.0 Å². The number of benzene rings is 1. The van der Waals surface area contributed by atoms with Crippen molar-refractivity contribution in [3.63, 3.8) is 0 Å². The zero-order chi connectivity index (χ0) is 17.9. The first kappa shape index (κ1) is 22.0. The first-order valence-corrected chi connectivity index (χ1v) is 8.40. The number of rotatable bonds is 8. The summed E-state index contributed by atoms with van der Waals surface area (Å²) >= 11 is 0. The third kappa shape index (κ3) is 7.47. The van der Waals surface area contributed by atoms with Crippen LogP contribution in [0.5, 0.6) is 11.6 Å². The Morgan fingerprint density at radius 1 is 1.04 bits per heavy atom. The van der Waals surface area contributed by atoms with Gasteiger partial charge in [-0.3, -0.25) is 0 Å². The third-order valence-electron chi connectivity index (χ3n) is 3.60. The molecular formula is C19H27IN4O2. The van der Waals surface area contributed by atoms with Gasteiger partial charge in [0, 0.05) is 19.2 Å². The Hall–Kier alpha value is -2.03. The largest absolute Gasteiger partial charge is 0.497 e. The van der Waals surface area contributed by atoms with E-state index in [4.69, 9.17) is 9.47 Å². The number of nitrogens with one attached hydrogen (secondary N) is 2. The first-order chi connectivity index (χ1) is 12.2. The molecule has 0 saturated carbocycles. The van der Waals surface area contributed by atoms with Crippen molar-refractivity contribution < 1.29 is 9.47 Å². The van der Waals surface area contributed by atoms with Crippen LogP contribution < -0.4 is 20.1 Å². The van der Waals surface area contributed by atoms with E-state index < -0.39 is 0 Å². The van der Waals surface area contributed by atoms with Crippen LogP contribution in [0.3, 0.4) is 0 Å². The molecule has 2 aromatic rings. The lowest BCUT2D eigenvalue weighted by atomic mass is 10.1. The van der Waals surface area contributed by atoms with Crippen molar-refractivity contribution in [3.8, 4) is 11.6 Å². The van der Waals surface area contributed by atoms with Crippen LogP contribution in [0.4, 0.5) is 0 Å². The van der Waals surface area contributed by atoms with E-state index in [1.165, 1.54) is 5.56 Å². The lowest BCUT2D eigenvalue weighted by Crippen LogP contribution is -2.38. The maximum absolute atomic E-state index is 5.17. The molecule has 142 valence electrons. The number of hydrogen-bond acceptors (Lipinski definition) is 4. The highest BCUT2D eigenvalue weighted by Crippen LogP contribution is 2.11. The van der Waals surface area contributed by atoms with Gasteiger partial charge in [-0.05, 0) is 37.1 Å². The zero-order valence-electron chi connectivity index (χ0n) is 15.5. The highest BCUT2D eigenvalue weighted by molar-refractivity contribution is 14.0. The summed E-state index contributed by atoms with van der Waals surface area (Å²) in [5.74, 6) is 2.25. The van der Waals surface area contributed by atoms with Crippen LogP contribution in [0.25, 0.3) is 0 Å². The van der Waals surface area contributed by atoms with Gasteiger partial charge >= 0.3 is 0 Å². The summed E-state index contributed by atoms with van der Waals surface area (Å²) in [5, 5.41) is 6.59. The molecule has 1 aromatic heterocycles. The SMILES string of the molecule is CCNC(=NCc1cccc(OC)n1)NCCc1ccc(OC)cc1.I. The van der Waals surface area contributed by atoms with Crippen LogP contribution in [-0.4, -0.2) is 38.3 Å². The second kappa shape index (κ2) is 12.3. The van der Waals surface area contributed by atoms with Gasteiger partial charge in [0.2, 0.25) is 5.88 Å². The standard InChI is InChI=1S/C19H26N4O2.HI/c1-4-20-19(22-14-16-6-5-7-18(23-16)25-3)21-13-12-15-8-10-17(24-2)11-9-15;/h5-11H,4,12-14H2,1-3H3,(H2,20,21,22);1H. The molecule has 0 aliphatic heterocycles. The Kier molecular flexibility index (Phi) is 10.5. The van der Waals surface area contributed by atoms with Crippen LogP contribution in [-0.2, 0) is 13.0 Å². The molecule has 0 radical (unpaired) electrons. The van der Waals surface area contributed by atoms with Gasteiger partial charge in [0.25, 0.3) is 0 Å². The Bertz CT molecular complexity index is 677. The van der Waals surface area contributed by atoms with E-state index in [0.29, 0.717) is 12.4 Å². The van der Waals surface area contributed by atoms with Gasteiger partial charge in [0.15, 0.2) is 5.96 Å². The molecular weight excluding hydrogens is 443 g/mol. The van der Waals surface area contributed by atoms with Crippen molar-refractivity contribution in [1.29, 1.82) is 0 Å². The van der Waals surface area contributed by atoms with Gasteiger partial charge in [-0.25, -0.2) is 9.98 Å². The summed E-state index contributed by atoms with van der Waals surface area (Å²) in [4.78, 5) is 8.94. The fraction of sp³-hybridized carbons (Fsp3) is 0.368. The van der Waals surface area contributed by atoms with Crippen molar-refractivity contribution >= 4 is 29.9 Å². The van der Waals surface area contributed by atoms with E-state index >= 15 is 0 Å². The summed E-state index contributed by atoms with van der Waals surface area (Å²) in [6.07, 6.45) is 0.909. The predicted molar refractivity (Wildman–Crippen MR) is 116 cm³/mol. The van der Waals surface area contributed by atoms with Crippen LogP contribution in [0.2, 0.25) is 0 Å². The highest BCUT2D eigenvalue weighted by Gasteiger charge is 2.01. The number of methoxy groups -OCH3 is 2. The lowest BCUT2D eigenvalue weighted by molar-refractivity contribution is 0.396. The monoisotopic (exact) mass is 470 g/mol. The molecule has 0 bridgehead atoms. The van der Waals surface area contributed by atoms with Crippen molar-refractivity contribution in [2.24, 2.45) is 4.99 Å². The summed E-state index contributed by atoms with van der Waals surface area (Å²) in [7, 11) is 3.28. The van der Waals surface area contributed by atoms with Crippen molar-refractivity contribution in [3.05, 3.63) is 53.7 Å². The lowest BCUT2D eigenvalue weighted by Gasteiger charge is -2.11. The van der Waals surface area contributed by atoms with E-state index in [0.717, 1.165) is 36.9 Å². The molecule has 0 aliphatic rings. The summed E-state index contributed by atoms with van der Waals surface area (Å²) in [6, 6.07) is 13.8. The molecule has 0 unspecified atom stereocenters. The molecule has 26 heavy (non-hydrogen) atoms. The molecule has 0 spiro atoms. The number of halogens is 1. The second-order valence-corrected chi connectivity index (χ2v) is 5.39. The van der Waals surface area contributed by atoms with Gasteiger partial charge in [-0.1, -0.05) is 18.2 Å². The number of aliphatic imine (C=N–C) groups is 1. The minimum absolute atomic E-state index is 0. The molecule has 0 fully saturated rings. The average molecular weight is 470 g/mol. The molecule has 2 rings (SSSR count). The predicted octanol–water partition coefficient (Wildman–Crippen LogP) is 3.01. The van der Waals surface area contributed by atoms with Crippen LogP contribution in [0.1, 0.15) is 18.2 Å². The van der Waals surface area contributed by atoms with E-state index in [2.05, 4.69) is 32.7 Å². The number of aromatic nitrogens is 1. The summed E-state index contributed by atoms with van der Waals surface area (Å²) in [6.45, 7) is 4.14. The fourth-order valence-electron chi connectivity index (χ4n) is 2.28. The zero-order valence-corrected chi connectivity index (χ0v) is 17.8. The van der Waals surface area contributed by atoms with Crippen molar-refractivity contribution in [1.82, 2.24) is 15.6 Å². The molecule has 1 heterocycles. The third-order valence-corrected chi connectivity index (χ3v) is 3.60. The van der Waals surface area contributed by atoms with Crippen LogP contribution in [0, 0.1) is 0 Å². The van der Waals surface area contributed by atoms with E-state index in [9.17, 15) is 0 Å². The molecule has 2 N–H and O–H groups in total. The smallest absolute Gasteiger partial charge is 0.213 e. The van der Waals surface area contributed by atoms with E-state index in [1.807, 2.05) is 37.3 Å². The molecule has 0 aliphatic carbocycles. The summed E-state index contributed by atoms with van der Waals surface area (Å²) in [5.41, 5.74) is 2.12. The second-order valence-electron chi connectivity index (χ2n) is 5.39. The quantitative estimate of drug-likeness (QED) is 0.353. The Balaban J connectivity index is 0.00000338. The summed E-state index contributed by atoms with van der Waals surface area (Å²) < 4.78 is 10.3. The van der Waals surface area contributed by atoms with Gasteiger partial charge in [0.05, 0.1) is 26.5 Å². The minimum Gasteiger partial charge on any atom is -0.497 e. The number of pyridine rings is 1. The van der Waals surface area contributed by atoms with Gasteiger partial charge in [-0.2, -0.15) is 0 Å². The molecule has 6 nitrogen and oxygen atoms in total. The number of guanidine groups is 1. The highest BCUT2D eigenvalue weighted by atomic mass is 127. The average Bonchev–Trinajstić information content (AvgIpc) is 2.66. The van der Waals surface area contributed by atoms with Gasteiger partial charge in [0.1, 0.15) is 5.75 Å². The molecule has 0 amide bonds. The molecule has 0 atom stereocenters. The maximum Gasteiger partial charge on any atom is 0.213 e. The number of ether oxygens (including phenoxy) is 2. The maximum atomic E-state index is 5.17. The van der Waals surface area contributed by atoms with E-state index in [-0.39, 0.29) is 24.0 Å². The van der Waals surface area contributed by atoms with Crippen molar-refractivity contribution in [2.75, 3.05) is 27.3 Å². The van der Waals surface area contributed by atoms with E-state index in [1.54, 1.807) is 14.2 Å². The molecule has 1 aromatic carbocycles. The number of hydrogen-bond donors (Lipinski definition) is 2.